The third-order valence-electron chi connectivity index (χ3n) is 1.48. The van der Waals surface area contributed by atoms with Gasteiger partial charge in [0.25, 0.3) is 5.56 Å². The summed E-state index contributed by atoms with van der Waals surface area (Å²) >= 11 is 4.01. The number of rotatable bonds is 2. The third kappa shape index (κ3) is 2.27. The van der Waals surface area contributed by atoms with E-state index in [9.17, 15) is 4.79 Å². The minimum atomic E-state index is -0.0568. The van der Waals surface area contributed by atoms with Crippen LogP contribution < -0.4 is 5.56 Å². The first-order chi connectivity index (χ1) is 5.74. The van der Waals surface area contributed by atoms with Crippen molar-refractivity contribution in [3.05, 3.63) is 39.8 Å². The summed E-state index contributed by atoms with van der Waals surface area (Å²) in [6.07, 6.45) is 5.31. The zero-order valence-corrected chi connectivity index (χ0v) is 7.77. The number of hydrogen-bond donors (Lipinski definition) is 2. The van der Waals surface area contributed by atoms with Crippen LogP contribution in [0.15, 0.2) is 23.1 Å². The highest BCUT2D eigenvalue weighted by Gasteiger charge is 1.93. The molecule has 1 N–H and O–H groups in total. The predicted molar refractivity (Wildman–Crippen MR) is 54.7 cm³/mol. The second-order valence-corrected chi connectivity index (χ2v) is 2.91. The van der Waals surface area contributed by atoms with Gasteiger partial charge in [-0.15, -0.1) is 0 Å². The van der Waals surface area contributed by atoms with Crippen LogP contribution in [-0.2, 0) is 0 Å². The van der Waals surface area contributed by atoms with E-state index in [2.05, 4.69) is 17.6 Å². The monoisotopic (exact) mass is 181 g/mol. The lowest BCUT2D eigenvalue weighted by Crippen LogP contribution is -2.08. The minimum absolute atomic E-state index is 0.0568. The molecule has 2 nitrogen and oxygen atoms in total. The van der Waals surface area contributed by atoms with E-state index in [1.165, 1.54) is 0 Å². The highest BCUT2D eigenvalue weighted by molar-refractivity contribution is 7.80. The van der Waals surface area contributed by atoms with E-state index in [0.717, 1.165) is 5.56 Å². The number of H-pyrrole nitrogens is 1. The fourth-order valence-corrected chi connectivity index (χ4v) is 1.02. The van der Waals surface area contributed by atoms with Crippen LogP contribution in [0, 0.1) is 6.92 Å². The van der Waals surface area contributed by atoms with Gasteiger partial charge < -0.3 is 4.98 Å². The molecule has 0 unspecified atom stereocenters. The molecule has 0 saturated carbocycles. The van der Waals surface area contributed by atoms with Crippen LogP contribution in [0.3, 0.4) is 0 Å². The number of aromatic amines is 1. The molecule has 0 bridgehead atoms. The maximum absolute atomic E-state index is 11.1. The number of aryl methyl sites for hydroxylation is 1. The summed E-state index contributed by atoms with van der Waals surface area (Å²) in [7, 11) is 0. The van der Waals surface area contributed by atoms with Crippen molar-refractivity contribution in [2.45, 2.75) is 6.92 Å². The largest absolute Gasteiger partial charge is 0.328 e. The summed E-state index contributed by atoms with van der Waals surface area (Å²) < 4.78 is 0. The van der Waals surface area contributed by atoms with Gasteiger partial charge in [0, 0.05) is 17.5 Å². The van der Waals surface area contributed by atoms with Crippen LogP contribution in [-0.4, -0.2) is 10.7 Å². The first-order valence-electron chi connectivity index (χ1n) is 3.71. The van der Waals surface area contributed by atoms with Gasteiger partial charge in [0.1, 0.15) is 0 Å². The third-order valence-corrected chi connectivity index (χ3v) is 1.69. The molecule has 3 heteroatoms. The molecule has 0 aromatic carbocycles. The van der Waals surface area contributed by atoms with Crippen molar-refractivity contribution < 1.29 is 0 Å². The number of hydrogen-bond acceptors (Lipinski definition) is 2. The molecule has 0 spiro atoms. The van der Waals surface area contributed by atoms with Gasteiger partial charge in [0.2, 0.25) is 0 Å². The van der Waals surface area contributed by atoms with Crippen molar-refractivity contribution in [1.82, 2.24) is 4.98 Å². The van der Waals surface area contributed by atoms with E-state index in [1.807, 2.05) is 19.1 Å². The summed E-state index contributed by atoms with van der Waals surface area (Å²) in [6.45, 7) is 1.94. The van der Waals surface area contributed by atoms with Gasteiger partial charge in [-0.2, -0.15) is 12.6 Å². The topological polar surface area (TPSA) is 32.9 Å². The molecule has 0 radical (unpaired) electrons. The second kappa shape index (κ2) is 4.16. The van der Waals surface area contributed by atoms with Crippen molar-refractivity contribution in [3.8, 4) is 0 Å². The van der Waals surface area contributed by atoms with Gasteiger partial charge in [0.05, 0.1) is 0 Å². The van der Waals surface area contributed by atoms with E-state index in [4.69, 9.17) is 0 Å². The Labute approximate surface area is 76.7 Å². The Morgan fingerprint density at radius 2 is 2.42 bits per heavy atom. The molecule has 64 valence electrons. The zero-order chi connectivity index (χ0) is 8.97. The van der Waals surface area contributed by atoms with Crippen molar-refractivity contribution in [3.63, 3.8) is 0 Å². The Bertz CT molecular complexity index is 341. The first-order valence-corrected chi connectivity index (χ1v) is 4.34. The molecular formula is C9H11NOS. The summed E-state index contributed by atoms with van der Waals surface area (Å²) in [4.78, 5) is 13.8. The smallest absolute Gasteiger partial charge is 0.255 e. The predicted octanol–water partition coefficient (Wildman–Crippen LogP) is 1.63. The van der Waals surface area contributed by atoms with Crippen LogP contribution in [0.1, 0.15) is 11.1 Å². The van der Waals surface area contributed by atoms with Gasteiger partial charge in [-0.05, 0) is 18.6 Å². The fourth-order valence-electron chi connectivity index (χ4n) is 0.919. The molecule has 1 rings (SSSR count). The molecular weight excluding hydrogens is 170 g/mol. The summed E-state index contributed by atoms with van der Waals surface area (Å²) in [5, 5.41) is 0. The van der Waals surface area contributed by atoms with Crippen molar-refractivity contribution in [2.75, 3.05) is 5.75 Å². The first kappa shape index (κ1) is 9.13. The lowest BCUT2D eigenvalue weighted by Gasteiger charge is -1.93. The summed E-state index contributed by atoms with van der Waals surface area (Å²) in [5.74, 6) is 0.646. The van der Waals surface area contributed by atoms with Crippen LogP contribution in [0.2, 0.25) is 0 Å². The second-order valence-electron chi connectivity index (χ2n) is 2.55. The summed E-state index contributed by atoms with van der Waals surface area (Å²) in [5.41, 5.74) is 1.68. The summed E-state index contributed by atoms with van der Waals surface area (Å²) in [6, 6.07) is 1.85. The van der Waals surface area contributed by atoms with E-state index < -0.39 is 0 Å². The Kier molecular flexibility index (Phi) is 3.17. The van der Waals surface area contributed by atoms with E-state index >= 15 is 0 Å². The normalized spacial score (nSPS) is 10.8. The Morgan fingerprint density at radius 3 is 3.08 bits per heavy atom. The van der Waals surface area contributed by atoms with E-state index in [0.29, 0.717) is 11.3 Å². The van der Waals surface area contributed by atoms with Gasteiger partial charge in [-0.3, -0.25) is 4.79 Å². The molecule has 1 heterocycles. The highest BCUT2D eigenvalue weighted by Crippen LogP contribution is 1.98. The molecule has 0 aliphatic carbocycles. The number of pyridine rings is 1. The molecule has 1 aromatic heterocycles. The molecule has 0 aliphatic rings. The van der Waals surface area contributed by atoms with Crippen molar-refractivity contribution in [1.29, 1.82) is 0 Å². The van der Waals surface area contributed by atoms with Crippen LogP contribution in [0.5, 0.6) is 0 Å². The quantitative estimate of drug-likeness (QED) is 0.668. The SMILES string of the molecule is Cc1c[nH]c(=O)c(C=CCS)c1. The van der Waals surface area contributed by atoms with Gasteiger partial charge in [-0.25, -0.2) is 0 Å². The Hall–Kier alpha value is -0.960. The molecule has 12 heavy (non-hydrogen) atoms. The fraction of sp³-hybridized carbons (Fsp3) is 0.222. The van der Waals surface area contributed by atoms with Crippen LogP contribution in [0.25, 0.3) is 6.08 Å². The van der Waals surface area contributed by atoms with Crippen molar-refractivity contribution >= 4 is 18.7 Å². The average Bonchev–Trinajstić information content (AvgIpc) is 2.07. The zero-order valence-electron chi connectivity index (χ0n) is 6.87. The lowest BCUT2D eigenvalue weighted by molar-refractivity contribution is 1.19. The van der Waals surface area contributed by atoms with Gasteiger partial charge in [0.15, 0.2) is 0 Å². The maximum atomic E-state index is 11.1. The molecule has 0 fully saturated rings. The molecule has 0 amide bonds. The Morgan fingerprint density at radius 1 is 1.67 bits per heavy atom. The maximum Gasteiger partial charge on any atom is 0.255 e. The Balaban J connectivity index is 3.06. The van der Waals surface area contributed by atoms with Gasteiger partial charge >= 0.3 is 0 Å². The average molecular weight is 181 g/mol. The standard InChI is InChI=1S/C9H11NOS/c1-7-5-8(3-2-4-12)9(11)10-6-7/h2-3,5-6,12H,4H2,1H3,(H,10,11). The molecule has 0 atom stereocenters. The number of aromatic nitrogens is 1. The van der Waals surface area contributed by atoms with Crippen LogP contribution in [0.4, 0.5) is 0 Å². The number of nitrogens with one attached hydrogen (secondary N) is 1. The molecule has 0 aliphatic heterocycles. The van der Waals surface area contributed by atoms with E-state index in [1.54, 1.807) is 12.3 Å². The van der Waals surface area contributed by atoms with Crippen LogP contribution >= 0.6 is 12.6 Å². The number of thiol groups is 1. The molecule has 0 saturated heterocycles. The highest BCUT2D eigenvalue weighted by atomic mass is 32.1. The van der Waals surface area contributed by atoms with Crippen molar-refractivity contribution in [2.24, 2.45) is 0 Å². The van der Waals surface area contributed by atoms with Gasteiger partial charge in [-0.1, -0.05) is 12.2 Å². The minimum Gasteiger partial charge on any atom is -0.328 e. The lowest BCUT2D eigenvalue weighted by atomic mass is 10.2. The van der Waals surface area contributed by atoms with E-state index in [-0.39, 0.29) is 5.56 Å². The molecule has 1 aromatic rings.